The molecule has 0 aliphatic rings. The predicted molar refractivity (Wildman–Crippen MR) is 137 cm³/mol. The molecule has 34 heavy (non-hydrogen) atoms. The van der Waals surface area contributed by atoms with Crippen molar-refractivity contribution in [2.45, 2.75) is 39.3 Å². The van der Waals surface area contributed by atoms with Crippen LogP contribution in [0.5, 0.6) is 11.6 Å². The standard InChI is InChI=1S/C29H31N3O2/c1-29(2,3)25-18-24(22(17-26(25)33-4)19-32-27-14-8-9-15-30-27)23-13-10-16-31-28(23)34-20-21-11-6-5-7-12-21/h5-18H,19-20H2,1-4H3,(H,30,32). The summed E-state index contributed by atoms with van der Waals surface area (Å²) in [6.07, 6.45) is 3.55. The van der Waals surface area contributed by atoms with Crippen LogP contribution in [0, 0.1) is 0 Å². The molecule has 0 radical (unpaired) electrons. The summed E-state index contributed by atoms with van der Waals surface area (Å²) in [5, 5.41) is 3.43. The minimum absolute atomic E-state index is 0.0969. The lowest BCUT2D eigenvalue weighted by atomic mass is 9.83. The van der Waals surface area contributed by atoms with Crippen molar-refractivity contribution in [3.05, 3.63) is 102 Å². The van der Waals surface area contributed by atoms with Crippen molar-refractivity contribution in [1.82, 2.24) is 9.97 Å². The number of methoxy groups -OCH3 is 1. The average molecular weight is 454 g/mol. The number of hydrogen-bond acceptors (Lipinski definition) is 5. The number of ether oxygens (including phenoxy) is 2. The first-order chi connectivity index (χ1) is 16.5. The number of aromatic nitrogens is 2. The van der Waals surface area contributed by atoms with Crippen LogP contribution in [0.15, 0.2) is 85.2 Å². The van der Waals surface area contributed by atoms with Crippen molar-refractivity contribution < 1.29 is 9.47 Å². The van der Waals surface area contributed by atoms with Crippen LogP contribution in [0.25, 0.3) is 11.1 Å². The maximum absolute atomic E-state index is 6.20. The van der Waals surface area contributed by atoms with Crippen LogP contribution in [0.3, 0.4) is 0 Å². The third kappa shape index (κ3) is 5.54. The number of hydrogen-bond donors (Lipinski definition) is 1. The van der Waals surface area contributed by atoms with Crippen molar-refractivity contribution in [3.8, 4) is 22.8 Å². The van der Waals surface area contributed by atoms with E-state index in [4.69, 9.17) is 9.47 Å². The predicted octanol–water partition coefficient (Wildman–Crippen LogP) is 6.64. The summed E-state index contributed by atoms with van der Waals surface area (Å²) in [6, 6.07) is 24.3. The normalized spacial score (nSPS) is 11.2. The lowest BCUT2D eigenvalue weighted by molar-refractivity contribution is 0.295. The third-order valence-electron chi connectivity index (χ3n) is 5.64. The van der Waals surface area contributed by atoms with Gasteiger partial charge in [-0.3, -0.25) is 0 Å². The van der Waals surface area contributed by atoms with Crippen LogP contribution >= 0.6 is 0 Å². The molecule has 0 aliphatic heterocycles. The van der Waals surface area contributed by atoms with Gasteiger partial charge in [0.05, 0.1) is 7.11 Å². The monoisotopic (exact) mass is 453 g/mol. The molecule has 2 heterocycles. The van der Waals surface area contributed by atoms with Gasteiger partial charge in [0.25, 0.3) is 0 Å². The molecule has 0 unspecified atom stereocenters. The second-order valence-corrected chi connectivity index (χ2v) is 9.16. The van der Waals surface area contributed by atoms with E-state index in [0.717, 1.165) is 39.4 Å². The fraction of sp³-hybridized carbons (Fsp3) is 0.241. The zero-order valence-electron chi connectivity index (χ0n) is 20.2. The number of nitrogens with one attached hydrogen (secondary N) is 1. The SMILES string of the molecule is COc1cc(CNc2ccccn2)c(-c2cccnc2OCc2ccccc2)cc1C(C)(C)C. The van der Waals surface area contributed by atoms with E-state index in [-0.39, 0.29) is 5.41 Å². The first-order valence-electron chi connectivity index (χ1n) is 11.4. The molecule has 0 spiro atoms. The average Bonchev–Trinajstić information content (AvgIpc) is 2.86. The summed E-state index contributed by atoms with van der Waals surface area (Å²) in [5.41, 5.74) is 5.22. The number of rotatable bonds is 8. The van der Waals surface area contributed by atoms with E-state index in [1.54, 1.807) is 19.5 Å². The van der Waals surface area contributed by atoms with E-state index < -0.39 is 0 Å². The first-order valence-corrected chi connectivity index (χ1v) is 11.4. The van der Waals surface area contributed by atoms with Gasteiger partial charge in [0.1, 0.15) is 18.2 Å². The molecule has 0 atom stereocenters. The number of nitrogens with zero attached hydrogens (tertiary/aromatic N) is 2. The second kappa shape index (κ2) is 10.4. The van der Waals surface area contributed by atoms with Crippen molar-refractivity contribution >= 4 is 5.82 Å². The zero-order valence-corrected chi connectivity index (χ0v) is 20.2. The van der Waals surface area contributed by atoms with Gasteiger partial charge in [-0.15, -0.1) is 0 Å². The highest BCUT2D eigenvalue weighted by molar-refractivity contribution is 5.74. The Morgan fingerprint density at radius 2 is 1.59 bits per heavy atom. The van der Waals surface area contributed by atoms with Gasteiger partial charge in [0, 0.05) is 30.1 Å². The molecule has 4 rings (SSSR count). The molecule has 2 aromatic heterocycles. The molecule has 0 bridgehead atoms. The maximum atomic E-state index is 6.20. The summed E-state index contributed by atoms with van der Waals surface area (Å²) >= 11 is 0. The van der Waals surface area contributed by atoms with Crippen LogP contribution in [0.2, 0.25) is 0 Å². The molecule has 174 valence electrons. The van der Waals surface area contributed by atoms with Crippen molar-refractivity contribution in [2.75, 3.05) is 12.4 Å². The molecule has 1 N–H and O–H groups in total. The molecule has 5 heteroatoms. The Morgan fingerprint density at radius 3 is 2.29 bits per heavy atom. The van der Waals surface area contributed by atoms with Gasteiger partial charge in [-0.25, -0.2) is 9.97 Å². The topological polar surface area (TPSA) is 56.3 Å². The molecule has 0 amide bonds. The lowest BCUT2D eigenvalue weighted by Gasteiger charge is -2.25. The first kappa shape index (κ1) is 23.3. The van der Waals surface area contributed by atoms with Crippen molar-refractivity contribution in [3.63, 3.8) is 0 Å². The number of benzene rings is 2. The van der Waals surface area contributed by atoms with Crippen LogP contribution < -0.4 is 14.8 Å². The van der Waals surface area contributed by atoms with Gasteiger partial charge >= 0.3 is 0 Å². The molecular formula is C29H31N3O2. The van der Waals surface area contributed by atoms with Crippen LogP contribution in [-0.2, 0) is 18.6 Å². The Bertz CT molecular complexity index is 1220. The van der Waals surface area contributed by atoms with Crippen LogP contribution in [0.4, 0.5) is 5.82 Å². The summed E-state index contributed by atoms with van der Waals surface area (Å²) in [6.45, 7) is 7.61. The summed E-state index contributed by atoms with van der Waals surface area (Å²) in [7, 11) is 1.72. The summed E-state index contributed by atoms with van der Waals surface area (Å²) < 4.78 is 12.0. The van der Waals surface area contributed by atoms with E-state index in [1.165, 1.54) is 0 Å². The molecule has 0 fully saturated rings. The Kier molecular flexibility index (Phi) is 7.12. The molecule has 0 saturated heterocycles. The van der Waals surface area contributed by atoms with E-state index in [1.807, 2.05) is 42.5 Å². The number of anilines is 1. The van der Waals surface area contributed by atoms with Crippen molar-refractivity contribution in [2.24, 2.45) is 0 Å². The minimum atomic E-state index is -0.0969. The maximum Gasteiger partial charge on any atom is 0.221 e. The van der Waals surface area contributed by atoms with Crippen LogP contribution in [-0.4, -0.2) is 17.1 Å². The molecule has 0 aliphatic carbocycles. The second-order valence-electron chi connectivity index (χ2n) is 9.16. The van der Waals surface area contributed by atoms with Gasteiger partial charge in [0.2, 0.25) is 5.88 Å². The van der Waals surface area contributed by atoms with Crippen LogP contribution in [0.1, 0.15) is 37.5 Å². The third-order valence-corrected chi connectivity index (χ3v) is 5.64. The van der Waals surface area contributed by atoms with Gasteiger partial charge in [0.15, 0.2) is 0 Å². The molecule has 4 aromatic rings. The highest BCUT2D eigenvalue weighted by Gasteiger charge is 2.23. The van der Waals surface area contributed by atoms with Gasteiger partial charge in [-0.05, 0) is 58.5 Å². The Morgan fingerprint density at radius 1 is 0.824 bits per heavy atom. The fourth-order valence-corrected chi connectivity index (χ4v) is 3.86. The van der Waals surface area contributed by atoms with E-state index in [2.05, 4.69) is 66.4 Å². The van der Waals surface area contributed by atoms with Crippen molar-refractivity contribution in [1.29, 1.82) is 0 Å². The quantitative estimate of drug-likeness (QED) is 0.324. The minimum Gasteiger partial charge on any atom is -0.496 e. The Hall–Kier alpha value is -3.86. The largest absolute Gasteiger partial charge is 0.496 e. The zero-order chi connectivity index (χ0) is 24.0. The van der Waals surface area contributed by atoms with Gasteiger partial charge < -0.3 is 14.8 Å². The highest BCUT2D eigenvalue weighted by Crippen LogP contribution is 2.40. The van der Waals surface area contributed by atoms with E-state index >= 15 is 0 Å². The van der Waals surface area contributed by atoms with Gasteiger partial charge in [-0.2, -0.15) is 0 Å². The fourth-order valence-electron chi connectivity index (χ4n) is 3.86. The smallest absolute Gasteiger partial charge is 0.221 e. The summed E-state index contributed by atoms with van der Waals surface area (Å²) in [5.74, 6) is 2.29. The molecule has 2 aromatic carbocycles. The van der Waals surface area contributed by atoms with E-state index in [9.17, 15) is 0 Å². The Balaban J connectivity index is 1.76. The lowest BCUT2D eigenvalue weighted by Crippen LogP contribution is -2.14. The molecule has 0 saturated carbocycles. The summed E-state index contributed by atoms with van der Waals surface area (Å²) in [4.78, 5) is 8.97. The molecule has 5 nitrogen and oxygen atoms in total. The molecular weight excluding hydrogens is 422 g/mol. The Labute approximate surface area is 201 Å². The highest BCUT2D eigenvalue weighted by atomic mass is 16.5. The number of pyridine rings is 2. The van der Waals surface area contributed by atoms with Gasteiger partial charge in [-0.1, -0.05) is 57.2 Å². The van der Waals surface area contributed by atoms with E-state index in [0.29, 0.717) is 19.0 Å².